The van der Waals surface area contributed by atoms with Gasteiger partial charge < -0.3 is 0 Å². The molecule has 216 valence electrons. The Hall–Kier alpha value is -6.08. The number of aromatic nitrogens is 2. The highest BCUT2D eigenvalue weighted by Gasteiger charge is 2.11. The van der Waals surface area contributed by atoms with Crippen molar-refractivity contribution in [2.45, 2.75) is 0 Å². The predicted molar refractivity (Wildman–Crippen MR) is 199 cm³/mol. The van der Waals surface area contributed by atoms with Crippen LogP contribution in [0.1, 0.15) is 0 Å². The monoisotopic (exact) mass is 612 g/mol. The summed E-state index contributed by atoms with van der Waals surface area (Å²) in [5.41, 5.74) is 7.96. The van der Waals surface area contributed by atoms with E-state index >= 15 is 0 Å². The second-order valence-corrected chi connectivity index (χ2v) is 13.1. The van der Waals surface area contributed by atoms with Crippen molar-refractivity contribution >= 4 is 74.9 Å². The van der Waals surface area contributed by atoms with Gasteiger partial charge in [-0.05, 0) is 81.7 Å². The fourth-order valence-corrected chi connectivity index (χ4v) is 7.83. The van der Waals surface area contributed by atoms with Crippen LogP contribution in [-0.4, -0.2) is 9.97 Å². The Morgan fingerprint density at radius 3 is 1.81 bits per heavy atom. The standard InChI is InChI=1S/C44H24N2S/c1-2-7-30-24-36-25-35(15-14-32(36)22-29(30)6-1)40-20-17-28-13-12-27-16-19-39(45-43(27)44(28)46-40)34-9-5-8-31(23-34)33-18-21-42-38(26-33)37-10-3-4-11-41(37)47-42/h1-17,19-20,22-26H. The van der Waals surface area contributed by atoms with Crippen LogP contribution in [0, 0.1) is 12.1 Å². The van der Waals surface area contributed by atoms with Crippen LogP contribution in [-0.2, 0) is 0 Å². The van der Waals surface area contributed by atoms with Gasteiger partial charge in [-0.2, -0.15) is 0 Å². The average Bonchev–Trinajstić information content (AvgIpc) is 3.51. The summed E-state index contributed by atoms with van der Waals surface area (Å²) in [4.78, 5) is 10.5. The van der Waals surface area contributed by atoms with Gasteiger partial charge in [0.2, 0.25) is 0 Å². The molecule has 0 atom stereocenters. The van der Waals surface area contributed by atoms with Gasteiger partial charge in [0.1, 0.15) is 0 Å². The zero-order valence-electron chi connectivity index (χ0n) is 25.2. The van der Waals surface area contributed by atoms with Gasteiger partial charge in [-0.1, -0.05) is 103 Å². The number of pyridine rings is 2. The predicted octanol–water partition coefficient (Wildman–Crippen LogP) is 12.1. The lowest BCUT2D eigenvalue weighted by atomic mass is 9.99. The number of thiophene rings is 1. The molecule has 0 fully saturated rings. The van der Waals surface area contributed by atoms with Crippen LogP contribution in [0.5, 0.6) is 0 Å². The van der Waals surface area contributed by atoms with E-state index in [-0.39, 0.29) is 0 Å². The van der Waals surface area contributed by atoms with Gasteiger partial charge in [0, 0.05) is 42.9 Å². The Balaban J connectivity index is 1.07. The summed E-state index contributed by atoms with van der Waals surface area (Å²) in [6, 6.07) is 58.7. The van der Waals surface area contributed by atoms with Crippen LogP contribution in [0.15, 0.2) is 146 Å². The van der Waals surface area contributed by atoms with Crippen molar-refractivity contribution < 1.29 is 0 Å². The summed E-state index contributed by atoms with van der Waals surface area (Å²) in [5.74, 6) is 0. The zero-order chi connectivity index (χ0) is 30.9. The number of benzene rings is 6. The third kappa shape index (κ3) is 4.35. The summed E-state index contributed by atoms with van der Waals surface area (Å²) in [6.45, 7) is 0. The molecule has 3 aromatic heterocycles. The lowest BCUT2D eigenvalue weighted by Gasteiger charge is -2.10. The highest BCUT2D eigenvalue weighted by atomic mass is 32.1. The Morgan fingerprint density at radius 2 is 1.02 bits per heavy atom. The van der Waals surface area contributed by atoms with Crippen LogP contribution in [0.2, 0.25) is 0 Å². The van der Waals surface area contributed by atoms with Gasteiger partial charge in [-0.25, -0.2) is 9.97 Å². The summed E-state index contributed by atoms with van der Waals surface area (Å²) in [7, 11) is 0. The second kappa shape index (κ2) is 10.2. The molecule has 0 saturated carbocycles. The van der Waals surface area contributed by atoms with E-state index < -0.39 is 0 Å². The fraction of sp³-hybridized carbons (Fsp3) is 0. The summed E-state index contributed by atoms with van der Waals surface area (Å²) in [5, 5.41) is 9.58. The molecule has 0 saturated heterocycles. The van der Waals surface area contributed by atoms with Crippen molar-refractivity contribution in [3.05, 3.63) is 158 Å². The van der Waals surface area contributed by atoms with Crippen molar-refractivity contribution in [2.75, 3.05) is 0 Å². The maximum atomic E-state index is 5.23. The molecule has 0 bridgehead atoms. The molecule has 47 heavy (non-hydrogen) atoms. The lowest BCUT2D eigenvalue weighted by molar-refractivity contribution is 1.37. The van der Waals surface area contributed by atoms with E-state index in [9.17, 15) is 0 Å². The summed E-state index contributed by atoms with van der Waals surface area (Å²) in [6.07, 6.45) is 0. The van der Waals surface area contributed by atoms with E-state index in [1.807, 2.05) is 0 Å². The molecule has 0 spiro atoms. The van der Waals surface area contributed by atoms with Gasteiger partial charge in [-0.3, -0.25) is 0 Å². The van der Waals surface area contributed by atoms with Crippen molar-refractivity contribution in [2.24, 2.45) is 0 Å². The fourth-order valence-electron chi connectivity index (χ4n) is 6.80. The number of rotatable bonds is 3. The van der Waals surface area contributed by atoms with Crippen LogP contribution in [0.4, 0.5) is 0 Å². The molecule has 3 heterocycles. The van der Waals surface area contributed by atoms with E-state index in [0.717, 1.165) is 60.1 Å². The first-order chi connectivity index (χ1) is 23.2. The largest absolute Gasteiger partial charge is 0.245 e. The topological polar surface area (TPSA) is 25.8 Å². The average molecular weight is 613 g/mol. The molecule has 2 nitrogen and oxygen atoms in total. The SMILES string of the molecule is c1c(-c2cccc(-c3ccc4ccc5ccc(-c6ccc7cc8ccccc8cc7c6)nc5c4n3)c2)cc2c(c#1)sc1ccccc12. The maximum Gasteiger partial charge on any atom is 0.0972 e. The molecule has 0 unspecified atom stereocenters. The van der Waals surface area contributed by atoms with Crippen molar-refractivity contribution in [3.8, 4) is 33.6 Å². The van der Waals surface area contributed by atoms with Crippen LogP contribution in [0.25, 0.3) is 97.2 Å². The highest BCUT2D eigenvalue weighted by Crippen LogP contribution is 2.36. The molecule has 0 aliphatic heterocycles. The van der Waals surface area contributed by atoms with E-state index in [1.54, 1.807) is 11.3 Å². The molecule has 3 heteroatoms. The molecule has 10 rings (SSSR count). The Morgan fingerprint density at radius 1 is 0.404 bits per heavy atom. The summed E-state index contributed by atoms with van der Waals surface area (Å²) >= 11 is 1.76. The number of hydrogen-bond acceptors (Lipinski definition) is 3. The summed E-state index contributed by atoms with van der Waals surface area (Å²) < 4.78 is 2.41. The molecule has 0 aliphatic rings. The minimum absolute atomic E-state index is 0.907. The quantitative estimate of drug-likeness (QED) is 0.147. The Bertz CT molecular complexity index is 2860. The van der Waals surface area contributed by atoms with Gasteiger partial charge in [0.15, 0.2) is 0 Å². The van der Waals surface area contributed by atoms with Crippen molar-refractivity contribution in [1.29, 1.82) is 0 Å². The Labute approximate surface area is 275 Å². The van der Waals surface area contributed by atoms with Gasteiger partial charge in [-0.15, -0.1) is 11.3 Å². The molecule has 7 aromatic carbocycles. The van der Waals surface area contributed by atoms with Crippen molar-refractivity contribution in [1.82, 2.24) is 9.97 Å². The van der Waals surface area contributed by atoms with Crippen LogP contribution in [0.3, 0.4) is 0 Å². The molecule has 10 aromatic rings. The molecule has 0 N–H and O–H groups in total. The normalized spacial score (nSPS) is 11.7. The second-order valence-electron chi connectivity index (χ2n) is 12.1. The smallest absolute Gasteiger partial charge is 0.0972 e. The van der Waals surface area contributed by atoms with Gasteiger partial charge >= 0.3 is 0 Å². The van der Waals surface area contributed by atoms with E-state index in [1.165, 1.54) is 37.0 Å². The molecule has 0 amide bonds. The first kappa shape index (κ1) is 26.2. The molecular weight excluding hydrogens is 589 g/mol. The number of hydrogen-bond donors (Lipinski definition) is 0. The third-order valence-corrected chi connectivity index (χ3v) is 10.3. The molecule has 0 radical (unpaired) electrons. The van der Waals surface area contributed by atoms with Crippen molar-refractivity contribution in [3.63, 3.8) is 0 Å². The minimum Gasteiger partial charge on any atom is -0.245 e. The third-order valence-electron chi connectivity index (χ3n) is 9.22. The first-order valence-electron chi connectivity index (χ1n) is 15.7. The highest BCUT2D eigenvalue weighted by molar-refractivity contribution is 7.25. The minimum atomic E-state index is 0.907. The maximum absolute atomic E-state index is 5.23. The van der Waals surface area contributed by atoms with E-state index in [0.29, 0.717) is 0 Å². The van der Waals surface area contributed by atoms with Crippen LogP contribution < -0.4 is 0 Å². The molecule has 0 aliphatic carbocycles. The lowest BCUT2D eigenvalue weighted by Crippen LogP contribution is -1.91. The van der Waals surface area contributed by atoms with E-state index in [2.05, 4.69) is 158 Å². The first-order valence-corrected chi connectivity index (χ1v) is 16.5. The number of fused-ring (bicyclic) bond motifs is 8. The molecular formula is C44H24N2S. The van der Waals surface area contributed by atoms with Crippen LogP contribution >= 0.6 is 11.3 Å². The van der Waals surface area contributed by atoms with E-state index in [4.69, 9.17) is 9.97 Å². The van der Waals surface area contributed by atoms with Gasteiger partial charge in [0.05, 0.1) is 27.1 Å². The van der Waals surface area contributed by atoms with Gasteiger partial charge in [0.25, 0.3) is 0 Å². The zero-order valence-corrected chi connectivity index (χ0v) is 26.0. The Kier molecular flexibility index (Phi) is 5.69. The number of nitrogens with zero attached hydrogens (tertiary/aromatic N) is 2.